The predicted molar refractivity (Wildman–Crippen MR) is 176 cm³/mol. The van der Waals surface area contributed by atoms with Crippen LogP contribution in [0.1, 0.15) is 92.8 Å². The molecule has 0 saturated carbocycles. The van der Waals surface area contributed by atoms with E-state index < -0.39 is 39.6 Å². The van der Waals surface area contributed by atoms with Gasteiger partial charge in [0.2, 0.25) is 0 Å². The molecule has 0 amide bonds. The molecule has 46 heavy (non-hydrogen) atoms. The van der Waals surface area contributed by atoms with Gasteiger partial charge in [0.05, 0.1) is 28.5 Å². The summed E-state index contributed by atoms with van der Waals surface area (Å²) in [6.07, 6.45) is 5.86. The van der Waals surface area contributed by atoms with E-state index in [1.807, 2.05) is 18.9 Å². The summed E-state index contributed by atoms with van der Waals surface area (Å²) in [7, 11) is -1.33. The van der Waals surface area contributed by atoms with Crippen LogP contribution in [0.15, 0.2) is 41.7 Å². The zero-order valence-corrected chi connectivity index (χ0v) is 27.7. The van der Waals surface area contributed by atoms with E-state index in [4.69, 9.17) is 0 Å². The van der Waals surface area contributed by atoms with E-state index in [1.165, 1.54) is 18.2 Å². The van der Waals surface area contributed by atoms with Gasteiger partial charge in [0.1, 0.15) is 32.9 Å². The molecule has 2 aliphatic rings. The van der Waals surface area contributed by atoms with Gasteiger partial charge in [-0.2, -0.15) is 0 Å². The quantitative estimate of drug-likeness (QED) is 0.308. The van der Waals surface area contributed by atoms with Gasteiger partial charge in [0, 0.05) is 36.7 Å². The van der Waals surface area contributed by atoms with Crippen molar-refractivity contribution in [1.82, 2.24) is 19.4 Å². The zero-order chi connectivity index (χ0) is 33.2. The molecule has 1 fully saturated rings. The topological polar surface area (TPSA) is 97.2 Å². The van der Waals surface area contributed by atoms with Crippen molar-refractivity contribution in [3.63, 3.8) is 0 Å². The molecule has 6 bridgehead atoms. The molecule has 250 valence electrons. The Kier molecular flexibility index (Phi) is 10.3. The number of sulfone groups is 1. The third kappa shape index (κ3) is 7.33. The number of nitrogens with zero attached hydrogens (tertiary/aromatic N) is 4. The van der Waals surface area contributed by atoms with E-state index in [0.29, 0.717) is 47.6 Å². The highest BCUT2D eigenvalue weighted by Crippen LogP contribution is 2.38. The summed E-state index contributed by atoms with van der Waals surface area (Å²) in [5.41, 5.74) is 0.0553. The molecule has 0 radical (unpaired) electrons. The lowest BCUT2D eigenvalue weighted by Crippen LogP contribution is -2.33. The summed E-state index contributed by atoms with van der Waals surface area (Å²) in [4.78, 5) is 25.2. The van der Waals surface area contributed by atoms with E-state index in [0.717, 1.165) is 38.2 Å². The second-order valence-electron chi connectivity index (χ2n) is 12.9. The van der Waals surface area contributed by atoms with Gasteiger partial charge in [-0.15, -0.1) is 6.58 Å². The number of aromatic nitrogens is 3. The average molecular weight is 660 g/mol. The fourth-order valence-electron chi connectivity index (χ4n) is 6.62. The van der Waals surface area contributed by atoms with Crippen molar-refractivity contribution < 1.29 is 21.6 Å². The maximum atomic E-state index is 16.0. The first-order chi connectivity index (χ1) is 21.8. The van der Waals surface area contributed by atoms with Crippen LogP contribution in [0.5, 0.6) is 0 Å². The van der Waals surface area contributed by atoms with Gasteiger partial charge in [-0.05, 0) is 58.6 Å². The summed E-state index contributed by atoms with van der Waals surface area (Å²) in [5.74, 6) is -3.94. The van der Waals surface area contributed by atoms with E-state index in [2.05, 4.69) is 21.9 Å². The van der Waals surface area contributed by atoms with Crippen molar-refractivity contribution in [2.75, 3.05) is 30.4 Å². The first kappa shape index (κ1) is 34.1. The second kappa shape index (κ2) is 13.9. The van der Waals surface area contributed by atoms with Gasteiger partial charge in [-0.3, -0.25) is 9.36 Å². The van der Waals surface area contributed by atoms with Crippen LogP contribution in [-0.2, 0) is 22.3 Å². The van der Waals surface area contributed by atoms with Crippen LogP contribution in [0.3, 0.4) is 0 Å². The molecule has 1 saturated heterocycles. The number of anilines is 1. The number of halogens is 3. The van der Waals surface area contributed by atoms with Crippen LogP contribution in [0.4, 0.5) is 19.0 Å². The number of pyridine rings is 1. The third-order valence-electron chi connectivity index (χ3n) is 9.65. The summed E-state index contributed by atoms with van der Waals surface area (Å²) < 4.78 is 73.1. The van der Waals surface area contributed by atoms with Crippen LogP contribution >= 0.6 is 0 Å². The first-order valence-corrected chi connectivity index (χ1v) is 18.0. The van der Waals surface area contributed by atoms with Gasteiger partial charge >= 0.3 is 0 Å². The Morgan fingerprint density at radius 2 is 1.76 bits per heavy atom. The Labute approximate surface area is 269 Å². The van der Waals surface area contributed by atoms with E-state index in [-0.39, 0.29) is 41.1 Å². The molecule has 2 aliphatic heterocycles. The molecular formula is C34H44F3N5O3S. The number of hydrogen-bond donors (Lipinski definition) is 1. The van der Waals surface area contributed by atoms with Crippen LogP contribution < -0.4 is 10.9 Å². The van der Waals surface area contributed by atoms with E-state index >= 15 is 13.2 Å². The lowest BCUT2D eigenvalue weighted by Gasteiger charge is -2.28. The maximum absolute atomic E-state index is 16.0. The third-order valence-corrected chi connectivity index (χ3v) is 11.4. The minimum atomic E-state index is -3.39. The van der Waals surface area contributed by atoms with Crippen LogP contribution in [0, 0.1) is 12.7 Å². The van der Waals surface area contributed by atoms with Crippen molar-refractivity contribution in [3.05, 3.63) is 75.6 Å². The largest absolute Gasteiger partial charge is 0.359 e. The fourth-order valence-corrected chi connectivity index (χ4v) is 8.12. The van der Waals surface area contributed by atoms with Crippen molar-refractivity contribution in [2.24, 2.45) is 0 Å². The van der Waals surface area contributed by atoms with Crippen LogP contribution in [-0.4, -0.2) is 59.0 Å². The molecule has 12 heteroatoms. The van der Waals surface area contributed by atoms with Gasteiger partial charge in [0.15, 0.2) is 0 Å². The number of benzene rings is 1. The molecule has 3 aromatic rings. The highest BCUT2D eigenvalue weighted by Gasteiger charge is 2.36. The molecule has 1 unspecified atom stereocenters. The Morgan fingerprint density at radius 3 is 2.48 bits per heavy atom. The molecule has 2 atom stereocenters. The molecule has 1 aromatic carbocycles. The molecule has 1 N–H and O–H groups in total. The molecule has 4 heterocycles. The van der Waals surface area contributed by atoms with Crippen molar-refractivity contribution in [2.45, 2.75) is 95.7 Å². The highest BCUT2D eigenvalue weighted by atomic mass is 32.2. The number of alkyl halides is 2. The summed E-state index contributed by atoms with van der Waals surface area (Å²) >= 11 is 0. The summed E-state index contributed by atoms with van der Waals surface area (Å²) in [6, 6.07) is 4.89. The number of aryl methyl sites for hydroxylation is 2. The summed E-state index contributed by atoms with van der Waals surface area (Å²) in [6.45, 7) is 8.11. The van der Waals surface area contributed by atoms with Crippen LogP contribution in [0.2, 0.25) is 0 Å². The lowest BCUT2D eigenvalue weighted by molar-refractivity contribution is -0.0259. The monoisotopic (exact) mass is 659 g/mol. The SMILES string of the molecule is C=C[C@H]1Nc2nc(C)nc3c2cc(C2CCS(=O)(=O)CC2)c(=O)n3CCCCCCC(C)N(C)CCC(F)(F)c2cccc1c2F. The minimum absolute atomic E-state index is 0.00116. The van der Waals surface area contributed by atoms with Gasteiger partial charge in [-0.25, -0.2) is 31.6 Å². The first-order valence-electron chi connectivity index (χ1n) is 16.2. The Bertz CT molecular complexity index is 1750. The Balaban J connectivity index is 1.64. The molecule has 0 spiro atoms. The van der Waals surface area contributed by atoms with Crippen LogP contribution in [0.25, 0.3) is 11.0 Å². The molecule has 5 rings (SSSR count). The van der Waals surface area contributed by atoms with Gasteiger partial charge in [-0.1, -0.05) is 43.5 Å². The number of nitrogens with one attached hydrogen (secondary N) is 1. The second-order valence-corrected chi connectivity index (χ2v) is 15.2. The van der Waals surface area contributed by atoms with E-state index in [1.54, 1.807) is 17.6 Å². The fraction of sp³-hybridized carbons (Fsp3) is 0.559. The number of fused-ring (bicyclic) bond motifs is 2. The maximum Gasteiger partial charge on any atom is 0.277 e. The standard InChI is InChI=1S/C34H44F3N5O3S/c1-5-29-25-12-10-13-28(30(25)35)34(36,37)16-18-41(4)22(2)11-8-6-7-9-17-42-32-27(31(40-29)38-23(3)39-32)21-26(33(42)43)24-14-19-46(44,45)20-15-24/h5,10,12-13,21-22,24,29H,1,6-9,11,14-20H2,2-4H3,(H,38,39,40)/t22?,29-/m1/s1. The van der Waals surface area contributed by atoms with Crippen molar-refractivity contribution >= 4 is 26.7 Å². The Morgan fingerprint density at radius 1 is 1.04 bits per heavy atom. The molecule has 2 aromatic heterocycles. The number of hydrogen-bond acceptors (Lipinski definition) is 7. The number of rotatable bonds is 2. The molecular weight excluding hydrogens is 615 g/mol. The van der Waals surface area contributed by atoms with E-state index in [9.17, 15) is 13.2 Å². The molecule has 0 aliphatic carbocycles. The Hall–Kier alpha value is -3.25. The van der Waals surface area contributed by atoms with Gasteiger partial charge < -0.3 is 10.2 Å². The van der Waals surface area contributed by atoms with Gasteiger partial charge in [0.25, 0.3) is 11.5 Å². The summed E-state index contributed by atoms with van der Waals surface area (Å²) in [5, 5.41) is 3.73. The van der Waals surface area contributed by atoms with Crippen molar-refractivity contribution in [1.29, 1.82) is 0 Å². The lowest BCUT2D eigenvalue weighted by atomic mass is 9.93. The normalized spacial score (nSPS) is 23.5. The highest BCUT2D eigenvalue weighted by molar-refractivity contribution is 7.91. The zero-order valence-electron chi connectivity index (χ0n) is 26.9. The minimum Gasteiger partial charge on any atom is -0.359 e. The van der Waals surface area contributed by atoms with Crippen molar-refractivity contribution in [3.8, 4) is 0 Å². The smallest absolute Gasteiger partial charge is 0.277 e. The molecule has 8 nitrogen and oxygen atoms in total. The average Bonchev–Trinajstić information content (AvgIpc) is 3.01. The predicted octanol–water partition coefficient (Wildman–Crippen LogP) is 6.64.